The van der Waals surface area contributed by atoms with Crippen molar-refractivity contribution in [3.05, 3.63) is 20.2 Å². The van der Waals surface area contributed by atoms with Crippen LogP contribution >= 0.6 is 0 Å². The fourth-order valence-electron chi connectivity index (χ4n) is 1.20. The summed E-state index contributed by atoms with van der Waals surface area (Å²) >= 11 is 0. The van der Waals surface area contributed by atoms with Crippen molar-refractivity contribution in [3.63, 3.8) is 0 Å². The van der Waals surface area contributed by atoms with E-state index in [2.05, 4.69) is 19.7 Å². The second-order valence-electron chi connectivity index (χ2n) is 3.82. The number of carboxylic acids is 1. The molecule has 0 bridgehead atoms. The van der Waals surface area contributed by atoms with Crippen LogP contribution in [0, 0.1) is 20.2 Å². The highest BCUT2D eigenvalue weighted by molar-refractivity contribution is 5.68. The molecular formula is C9H15N3O10. The molecule has 0 rings (SSSR count). The number of hydrogen-bond donors (Lipinski definition) is 2. The average molecular weight is 325 g/mol. The van der Waals surface area contributed by atoms with Gasteiger partial charge >= 0.3 is 12.1 Å². The molecular weight excluding hydrogens is 310 g/mol. The van der Waals surface area contributed by atoms with E-state index in [0.29, 0.717) is 0 Å². The normalized spacial score (nSPS) is 11.1. The number of carbonyl (C=O) groups is 2. The standard InChI is InChI=1S/C9H15N3O10/c13-8(14)2-1-4-10-9(15)20-5-3-7(22-12(18)19)6-21-11(16)17/h7H,1-6H2,(H,10,15)(H,13,14)/t7-/m1/s1. The van der Waals surface area contributed by atoms with Gasteiger partial charge in [0, 0.05) is 19.4 Å². The third kappa shape index (κ3) is 12.2. The molecule has 0 aliphatic rings. The summed E-state index contributed by atoms with van der Waals surface area (Å²) in [6, 6.07) is 0. The van der Waals surface area contributed by atoms with Crippen LogP contribution in [0.2, 0.25) is 0 Å². The monoisotopic (exact) mass is 325 g/mol. The van der Waals surface area contributed by atoms with Crippen molar-refractivity contribution in [1.29, 1.82) is 0 Å². The predicted molar refractivity (Wildman–Crippen MR) is 65.7 cm³/mol. The fourth-order valence-corrected chi connectivity index (χ4v) is 1.20. The number of alkyl carbamates (subject to hydrolysis) is 1. The van der Waals surface area contributed by atoms with Gasteiger partial charge < -0.3 is 24.8 Å². The molecule has 0 aromatic heterocycles. The topological polar surface area (TPSA) is 180 Å². The second kappa shape index (κ2) is 10.9. The molecule has 0 aliphatic heterocycles. The number of aliphatic carboxylic acids is 1. The Labute approximate surface area is 123 Å². The van der Waals surface area contributed by atoms with Crippen molar-refractivity contribution in [1.82, 2.24) is 5.32 Å². The molecule has 22 heavy (non-hydrogen) atoms. The first-order valence-electron chi connectivity index (χ1n) is 6.02. The number of amides is 1. The third-order valence-electron chi connectivity index (χ3n) is 2.11. The summed E-state index contributed by atoms with van der Waals surface area (Å²) in [5.41, 5.74) is 0. The lowest BCUT2D eigenvalue weighted by molar-refractivity contribution is -0.790. The Hall–Kier alpha value is -2.86. The van der Waals surface area contributed by atoms with Gasteiger partial charge in [-0.1, -0.05) is 0 Å². The molecule has 13 heteroatoms. The Kier molecular flexibility index (Phi) is 9.46. The minimum atomic E-state index is -1.26. The minimum absolute atomic E-state index is 0.0877. The van der Waals surface area contributed by atoms with Gasteiger partial charge in [-0.2, -0.15) is 0 Å². The van der Waals surface area contributed by atoms with Crippen molar-refractivity contribution < 1.29 is 39.3 Å². The Bertz CT molecular complexity index is 401. The van der Waals surface area contributed by atoms with Crippen LogP contribution in [-0.4, -0.2) is 53.2 Å². The van der Waals surface area contributed by atoms with Gasteiger partial charge in [0.1, 0.15) is 12.7 Å². The van der Waals surface area contributed by atoms with Gasteiger partial charge in [-0.05, 0) is 6.42 Å². The number of ether oxygens (including phenoxy) is 1. The number of carbonyl (C=O) groups excluding carboxylic acids is 1. The van der Waals surface area contributed by atoms with Gasteiger partial charge in [-0.3, -0.25) is 4.79 Å². The van der Waals surface area contributed by atoms with Gasteiger partial charge in [-0.15, -0.1) is 20.2 Å². The SMILES string of the molecule is O=C(O)CCCNC(=O)OCC[C@H](CO[N+](=O)[O-])O[N+](=O)[O-]. The lowest BCUT2D eigenvalue weighted by atomic mass is 10.3. The number of nitrogens with zero attached hydrogens (tertiary/aromatic N) is 2. The Morgan fingerprint density at radius 3 is 2.45 bits per heavy atom. The Balaban J connectivity index is 3.89. The van der Waals surface area contributed by atoms with Crippen molar-refractivity contribution in [2.24, 2.45) is 0 Å². The summed E-state index contributed by atoms with van der Waals surface area (Å²) in [6.07, 6.45) is -2.20. The maximum absolute atomic E-state index is 11.2. The largest absolute Gasteiger partial charge is 0.481 e. The van der Waals surface area contributed by atoms with Crippen molar-refractivity contribution in [2.45, 2.75) is 25.4 Å². The van der Waals surface area contributed by atoms with Gasteiger partial charge in [-0.25, -0.2) is 4.79 Å². The van der Waals surface area contributed by atoms with Gasteiger partial charge in [0.2, 0.25) is 0 Å². The molecule has 1 atom stereocenters. The maximum Gasteiger partial charge on any atom is 0.407 e. The quantitative estimate of drug-likeness (QED) is 0.276. The molecule has 0 radical (unpaired) electrons. The van der Waals surface area contributed by atoms with Gasteiger partial charge in [0.25, 0.3) is 10.2 Å². The van der Waals surface area contributed by atoms with E-state index in [9.17, 15) is 29.8 Å². The first-order valence-corrected chi connectivity index (χ1v) is 6.02. The highest BCUT2D eigenvalue weighted by Gasteiger charge is 2.16. The summed E-state index contributed by atoms with van der Waals surface area (Å²) in [4.78, 5) is 49.6. The maximum atomic E-state index is 11.2. The van der Waals surface area contributed by atoms with E-state index in [1.807, 2.05) is 0 Å². The summed E-state index contributed by atoms with van der Waals surface area (Å²) in [5, 5.41) is 28.5. The average Bonchev–Trinajstić information content (AvgIpc) is 2.40. The van der Waals surface area contributed by atoms with Crippen molar-refractivity contribution in [2.75, 3.05) is 19.8 Å². The second-order valence-corrected chi connectivity index (χ2v) is 3.82. The molecule has 126 valence electrons. The Morgan fingerprint density at radius 2 is 1.91 bits per heavy atom. The fraction of sp³-hybridized carbons (Fsp3) is 0.778. The first-order chi connectivity index (χ1) is 10.3. The molecule has 0 aromatic rings. The summed E-state index contributed by atoms with van der Waals surface area (Å²) in [6.45, 7) is -0.897. The van der Waals surface area contributed by atoms with Crippen LogP contribution in [0.5, 0.6) is 0 Å². The minimum Gasteiger partial charge on any atom is -0.481 e. The lowest BCUT2D eigenvalue weighted by Crippen LogP contribution is -2.29. The number of rotatable bonds is 12. The number of hydrogen-bond acceptors (Lipinski definition) is 9. The van der Waals surface area contributed by atoms with E-state index in [1.54, 1.807) is 0 Å². The van der Waals surface area contributed by atoms with E-state index >= 15 is 0 Å². The van der Waals surface area contributed by atoms with Gasteiger partial charge in [0.15, 0.2) is 0 Å². The molecule has 0 spiro atoms. The number of nitrogens with one attached hydrogen (secondary N) is 1. The highest BCUT2D eigenvalue weighted by Crippen LogP contribution is 2.01. The van der Waals surface area contributed by atoms with Crippen LogP contribution in [0.1, 0.15) is 19.3 Å². The molecule has 0 fully saturated rings. The summed E-state index contributed by atoms with van der Waals surface area (Å²) in [7, 11) is 0. The number of carboxylic acid groups (broad SMARTS) is 1. The van der Waals surface area contributed by atoms with Crippen molar-refractivity contribution >= 4 is 12.1 Å². The zero-order valence-electron chi connectivity index (χ0n) is 11.3. The van der Waals surface area contributed by atoms with Crippen LogP contribution in [0.25, 0.3) is 0 Å². The molecule has 2 N–H and O–H groups in total. The van der Waals surface area contributed by atoms with Crippen LogP contribution in [0.4, 0.5) is 4.79 Å². The molecule has 1 amide bonds. The van der Waals surface area contributed by atoms with Crippen LogP contribution in [-0.2, 0) is 19.2 Å². The summed E-state index contributed by atoms with van der Waals surface area (Å²) < 4.78 is 4.64. The molecule has 0 aromatic carbocycles. The molecule has 13 nitrogen and oxygen atoms in total. The molecule has 0 saturated carbocycles. The van der Waals surface area contributed by atoms with E-state index in [4.69, 9.17) is 5.11 Å². The van der Waals surface area contributed by atoms with Crippen molar-refractivity contribution in [3.8, 4) is 0 Å². The Morgan fingerprint density at radius 1 is 1.23 bits per heavy atom. The third-order valence-corrected chi connectivity index (χ3v) is 2.11. The van der Waals surface area contributed by atoms with E-state index in [-0.39, 0.29) is 32.4 Å². The van der Waals surface area contributed by atoms with Crippen LogP contribution in [0.15, 0.2) is 0 Å². The predicted octanol–water partition coefficient (Wildman–Crippen LogP) is -0.247. The highest BCUT2D eigenvalue weighted by atomic mass is 17.0. The van der Waals surface area contributed by atoms with Crippen LogP contribution < -0.4 is 5.32 Å². The lowest BCUT2D eigenvalue weighted by Gasteiger charge is -2.13. The first kappa shape index (κ1) is 19.1. The van der Waals surface area contributed by atoms with E-state index < -0.39 is 34.9 Å². The molecule has 0 aliphatic carbocycles. The van der Waals surface area contributed by atoms with E-state index in [1.165, 1.54) is 0 Å². The smallest absolute Gasteiger partial charge is 0.407 e. The zero-order chi connectivity index (χ0) is 17.0. The molecule has 0 saturated heterocycles. The molecule has 0 unspecified atom stereocenters. The van der Waals surface area contributed by atoms with Crippen LogP contribution in [0.3, 0.4) is 0 Å². The zero-order valence-corrected chi connectivity index (χ0v) is 11.3. The van der Waals surface area contributed by atoms with Gasteiger partial charge in [0.05, 0.1) is 6.61 Å². The van der Waals surface area contributed by atoms with E-state index in [0.717, 1.165) is 0 Å². The molecule has 0 heterocycles. The summed E-state index contributed by atoms with van der Waals surface area (Å²) in [5.74, 6) is -0.999.